The number of carbonyl (C=O) groups excluding carboxylic acids is 1. The summed E-state index contributed by atoms with van der Waals surface area (Å²) in [7, 11) is 0. The zero-order valence-electron chi connectivity index (χ0n) is 12.2. The van der Waals surface area contributed by atoms with Crippen LogP contribution in [-0.4, -0.2) is 44.6 Å². The molecule has 8 heteroatoms. The fraction of sp³-hybridized carbons (Fsp3) is 0.429. The van der Waals surface area contributed by atoms with Gasteiger partial charge in [0.1, 0.15) is 0 Å². The summed E-state index contributed by atoms with van der Waals surface area (Å²) < 4.78 is 4.14. The van der Waals surface area contributed by atoms with Gasteiger partial charge < -0.3 is 4.90 Å². The molecule has 1 aliphatic rings. The van der Waals surface area contributed by atoms with E-state index in [4.69, 9.17) is 0 Å². The molecule has 3 rings (SSSR count). The third-order valence-corrected chi connectivity index (χ3v) is 5.06. The first-order valence-electron chi connectivity index (χ1n) is 7.10. The van der Waals surface area contributed by atoms with Crippen LogP contribution in [0.15, 0.2) is 29.7 Å². The van der Waals surface area contributed by atoms with Crippen molar-refractivity contribution in [1.82, 2.24) is 19.2 Å². The van der Waals surface area contributed by atoms with Gasteiger partial charge in [0.15, 0.2) is 0 Å². The van der Waals surface area contributed by atoms with Crippen molar-refractivity contribution in [2.24, 2.45) is 0 Å². The molecule has 3 heterocycles. The Labute approximate surface area is 137 Å². The van der Waals surface area contributed by atoms with E-state index in [0.717, 1.165) is 25.9 Å². The summed E-state index contributed by atoms with van der Waals surface area (Å²) in [6.45, 7) is 1.51. The molecule has 2 amide bonds. The first-order valence-corrected chi connectivity index (χ1v) is 9.09. The maximum Gasteiger partial charge on any atom is 0.323 e. The lowest BCUT2D eigenvalue weighted by atomic mass is 9.90. The number of thioether (sulfide) groups is 1. The molecule has 0 atom stereocenters. The largest absolute Gasteiger partial charge is 0.324 e. The van der Waals surface area contributed by atoms with Crippen LogP contribution in [0.4, 0.5) is 9.93 Å². The number of hydrogen-bond acceptors (Lipinski definition) is 6. The zero-order valence-corrected chi connectivity index (χ0v) is 13.9. The fourth-order valence-electron chi connectivity index (χ4n) is 2.57. The van der Waals surface area contributed by atoms with Crippen molar-refractivity contribution in [2.45, 2.75) is 23.9 Å². The van der Waals surface area contributed by atoms with Crippen molar-refractivity contribution in [1.29, 1.82) is 0 Å². The average Bonchev–Trinajstić information content (AvgIpc) is 3.03. The molecule has 6 nitrogen and oxygen atoms in total. The smallest absolute Gasteiger partial charge is 0.323 e. The van der Waals surface area contributed by atoms with E-state index in [1.54, 1.807) is 0 Å². The van der Waals surface area contributed by atoms with Gasteiger partial charge in [0, 0.05) is 37.0 Å². The molecule has 1 N–H and O–H groups in total. The lowest BCUT2D eigenvalue weighted by molar-refractivity contribution is 0.194. The number of rotatable bonds is 3. The van der Waals surface area contributed by atoms with E-state index >= 15 is 0 Å². The Bertz CT molecular complexity index is 625. The van der Waals surface area contributed by atoms with Crippen LogP contribution in [0.1, 0.15) is 24.3 Å². The minimum atomic E-state index is -0.0861. The Morgan fingerprint density at radius 2 is 2.09 bits per heavy atom. The lowest BCUT2D eigenvalue weighted by Crippen LogP contribution is -2.40. The van der Waals surface area contributed by atoms with Gasteiger partial charge in [-0.05, 0) is 42.7 Å². The lowest BCUT2D eigenvalue weighted by Gasteiger charge is -2.31. The summed E-state index contributed by atoms with van der Waals surface area (Å²) in [5.41, 5.74) is 1.31. The topological polar surface area (TPSA) is 71.0 Å². The monoisotopic (exact) mass is 335 g/mol. The molecule has 0 radical (unpaired) electrons. The van der Waals surface area contributed by atoms with Crippen molar-refractivity contribution in [2.75, 3.05) is 24.7 Å². The van der Waals surface area contributed by atoms with Gasteiger partial charge in [-0.1, -0.05) is 11.8 Å². The quantitative estimate of drug-likeness (QED) is 0.873. The first-order chi connectivity index (χ1) is 10.8. The highest BCUT2D eigenvalue weighted by Gasteiger charge is 2.24. The van der Waals surface area contributed by atoms with E-state index in [-0.39, 0.29) is 6.03 Å². The molecule has 0 spiro atoms. The highest BCUT2D eigenvalue weighted by molar-refractivity contribution is 7.98. The number of anilines is 1. The summed E-state index contributed by atoms with van der Waals surface area (Å²) in [4.78, 5) is 22.4. The predicted molar refractivity (Wildman–Crippen MR) is 88.5 cm³/mol. The van der Waals surface area contributed by atoms with Crippen LogP contribution in [0.2, 0.25) is 0 Å². The first kappa shape index (κ1) is 15.2. The molecule has 1 saturated heterocycles. The number of piperidine rings is 1. The van der Waals surface area contributed by atoms with Crippen molar-refractivity contribution in [3.63, 3.8) is 0 Å². The molecule has 2 aromatic rings. The molecule has 0 aliphatic carbocycles. The van der Waals surface area contributed by atoms with Crippen molar-refractivity contribution in [3.05, 3.63) is 30.1 Å². The fourth-order valence-corrected chi connectivity index (χ4v) is 3.68. The second kappa shape index (κ2) is 7.06. The van der Waals surface area contributed by atoms with Gasteiger partial charge >= 0.3 is 6.03 Å². The number of urea groups is 1. The molecule has 22 heavy (non-hydrogen) atoms. The van der Waals surface area contributed by atoms with Crippen LogP contribution in [0, 0.1) is 0 Å². The normalized spacial score (nSPS) is 15.8. The summed E-state index contributed by atoms with van der Waals surface area (Å²) in [6, 6.07) is 4.04. The molecule has 1 aliphatic heterocycles. The second-order valence-corrected chi connectivity index (χ2v) is 6.58. The van der Waals surface area contributed by atoms with Crippen LogP contribution in [0.5, 0.6) is 0 Å². The summed E-state index contributed by atoms with van der Waals surface area (Å²) >= 11 is 2.68. The Hall–Kier alpha value is -1.67. The Kier molecular flexibility index (Phi) is 4.89. The van der Waals surface area contributed by atoms with Gasteiger partial charge in [0.25, 0.3) is 0 Å². The van der Waals surface area contributed by atoms with Crippen molar-refractivity contribution in [3.8, 4) is 0 Å². The standard InChI is InChI=1S/C14H17N5OS2/c1-21-13-16-12(22-18-13)17-14(20)19-8-4-11(5-9-19)10-2-6-15-7-3-10/h2-3,6-7,11H,4-5,8-9H2,1H3,(H,16,17,18,20). The molecule has 0 bridgehead atoms. The highest BCUT2D eigenvalue weighted by Crippen LogP contribution is 2.28. The second-order valence-electron chi connectivity index (χ2n) is 5.06. The number of likely N-dealkylation sites (tertiary alicyclic amines) is 1. The summed E-state index contributed by atoms with van der Waals surface area (Å²) in [6.07, 6.45) is 7.52. The molecule has 0 unspecified atom stereocenters. The number of nitrogens with zero attached hydrogens (tertiary/aromatic N) is 4. The van der Waals surface area contributed by atoms with Gasteiger partial charge in [0.05, 0.1) is 0 Å². The van der Waals surface area contributed by atoms with Gasteiger partial charge in [0.2, 0.25) is 10.3 Å². The number of pyridine rings is 1. The van der Waals surface area contributed by atoms with Gasteiger partial charge in [-0.25, -0.2) is 4.79 Å². The van der Waals surface area contributed by atoms with E-state index in [1.165, 1.54) is 28.9 Å². The van der Waals surface area contributed by atoms with Crippen LogP contribution >= 0.6 is 23.3 Å². The maximum atomic E-state index is 12.2. The Morgan fingerprint density at radius 3 is 2.73 bits per heavy atom. The van der Waals surface area contributed by atoms with E-state index in [1.807, 2.05) is 23.5 Å². The maximum absolute atomic E-state index is 12.2. The highest BCUT2D eigenvalue weighted by atomic mass is 32.2. The van der Waals surface area contributed by atoms with E-state index < -0.39 is 0 Å². The molecular weight excluding hydrogens is 318 g/mol. The zero-order chi connectivity index (χ0) is 15.4. The van der Waals surface area contributed by atoms with Crippen LogP contribution < -0.4 is 5.32 Å². The summed E-state index contributed by atoms with van der Waals surface area (Å²) in [5, 5.41) is 4.08. The molecule has 2 aromatic heterocycles. The van der Waals surface area contributed by atoms with E-state index in [2.05, 4.69) is 31.8 Å². The number of amides is 2. The minimum Gasteiger partial charge on any atom is -0.324 e. The number of carbonyl (C=O) groups is 1. The third-order valence-electron chi connectivity index (χ3n) is 3.76. The van der Waals surface area contributed by atoms with Crippen LogP contribution in [0.3, 0.4) is 0 Å². The number of aromatic nitrogens is 3. The Balaban J connectivity index is 1.53. The van der Waals surface area contributed by atoms with Crippen LogP contribution in [-0.2, 0) is 0 Å². The number of hydrogen-bond donors (Lipinski definition) is 1. The molecule has 116 valence electrons. The molecule has 0 saturated carbocycles. The molecular formula is C14H17N5OS2. The molecule has 1 fully saturated rings. The predicted octanol–water partition coefficient (Wildman–Crippen LogP) is 3.07. The number of nitrogens with one attached hydrogen (secondary N) is 1. The van der Waals surface area contributed by atoms with Gasteiger partial charge in [-0.2, -0.15) is 9.36 Å². The van der Waals surface area contributed by atoms with Crippen molar-refractivity contribution < 1.29 is 4.79 Å². The average molecular weight is 335 g/mol. The minimum absolute atomic E-state index is 0.0861. The van der Waals surface area contributed by atoms with E-state index in [0.29, 0.717) is 16.2 Å². The van der Waals surface area contributed by atoms with Gasteiger partial charge in [-0.3, -0.25) is 10.3 Å². The molecule has 0 aromatic carbocycles. The SMILES string of the molecule is CSc1nsc(NC(=O)N2CCC(c3ccncc3)CC2)n1. The van der Waals surface area contributed by atoms with Crippen LogP contribution in [0.25, 0.3) is 0 Å². The summed E-state index contributed by atoms with van der Waals surface area (Å²) in [5.74, 6) is 0.511. The van der Waals surface area contributed by atoms with E-state index in [9.17, 15) is 4.79 Å². The van der Waals surface area contributed by atoms with Crippen molar-refractivity contribution >= 4 is 34.5 Å². The Morgan fingerprint density at radius 1 is 1.36 bits per heavy atom. The third kappa shape index (κ3) is 3.56. The van der Waals surface area contributed by atoms with Gasteiger partial charge in [-0.15, -0.1) is 0 Å².